The SMILES string of the molecule is Cc1ccc(-c2nc(NCc3ccccc3)n(C(=O)c3ccccc3C)n2)cc1. The molecular weight excluding hydrogens is 360 g/mol. The van der Waals surface area contributed by atoms with Crippen LogP contribution in [0.1, 0.15) is 27.0 Å². The summed E-state index contributed by atoms with van der Waals surface area (Å²) in [7, 11) is 0. The first kappa shape index (κ1) is 18.6. The number of nitrogens with one attached hydrogen (secondary N) is 1. The third-order valence-electron chi connectivity index (χ3n) is 4.78. The Bertz CT molecular complexity index is 1130. The molecule has 3 aromatic carbocycles. The van der Waals surface area contributed by atoms with Crippen molar-refractivity contribution in [3.05, 3.63) is 101 Å². The number of aryl methyl sites for hydroxylation is 2. The lowest BCUT2D eigenvalue weighted by molar-refractivity contribution is 0.0947. The standard InChI is InChI=1S/C24H22N4O/c1-17-12-14-20(15-13-17)22-26-24(25-16-19-9-4-3-5-10-19)28(27-22)23(29)21-11-7-6-8-18(21)2/h3-15H,16H2,1-2H3,(H,25,26,27). The molecule has 4 aromatic rings. The highest BCUT2D eigenvalue weighted by atomic mass is 16.2. The maximum atomic E-state index is 13.2. The minimum Gasteiger partial charge on any atom is -0.350 e. The first-order valence-corrected chi connectivity index (χ1v) is 9.54. The Kier molecular flexibility index (Phi) is 5.20. The van der Waals surface area contributed by atoms with Crippen LogP contribution in [0, 0.1) is 13.8 Å². The number of rotatable bonds is 5. The van der Waals surface area contributed by atoms with E-state index < -0.39 is 0 Å². The normalized spacial score (nSPS) is 10.7. The van der Waals surface area contributed by atoms with Crippen molar-refractivity contribution >= 4 is 11.9 Å². The van der Waals surface area contributed by atoms with Gasteiger partial charge in [0.15, 0.2) is 5.82 Å². The molecule has 0 bridgehead atoms. The van der Waals surface area contributed by atoms with Crippen molar-refractivity contribution in [1.82, 2.24) is 14.8 Å². The van der Waals surface area contributed by atoms with Gasteiger partial charge in [-0.25, -0.2) is 0 Å². The molecule has 0 saturated carbocycles. The molecule has 0 radical (unpaired) electrons. The van der Waals surface area contributed by atoms with Crippen molar-refractivity contribution in [2.45, 2.75) is 20.4 Å². The highest BCUT2D eigenvalue weighted by Gasteiger charge is 2.19. The topological polar surface area (TPSA) is 59.8 Å². The molecule has 5 heteroatoms. The van der Waals surface area contributed by atoms with Gasteiger partial charge in [-0.05, 0) is 31.0 Å². The van der Waals surface area contributed by atoms with E-state index in [0.717, 1.165) is 22.3 Å². The minimum atomic E-state index is -0.204. The van der Waals surface area contributed by atoms with Crippen LogP contribution in [0.3, 0.4) is 0 Å². The molecule has 0 unspecified atom stereocenters. The summed E-state index contributed by atoms with van der Waals surface area (Å²) in [4.78, 5) is 17.8. The Labute approximate surface area is 170 Å². The van der Waals surface area contributed by atoms with Crippen LogP contribution in [0.2, 0.25) is 0 Å². The molecular formula is C24H22N4O. The van der Waals surface area contributed by atoms with Crippen LogP contribution in [0.25, 0.3) is 11.4 Å². The monoisotopic (exact) mass is 382 g/mol. The Morgan fingerprint density at radius 2 is 1.59 bits per heavy atom. The van der Waals surface area contributed by atoms with Gasteiger partial charge in [0.2, 0.25) is 5.95 Å². The number of carbonyl (C=O) groups excluding carboxylic acids is 1. The van der Waals surface area contributed by atoms with Gasteiger partial charge in [-0.2, -0.15) is 9.67 Å². The fourth-order valence-electron chi connectivity index (χ4n) is 3.10. The van der Waals surface area contributed by atoms with Crippen LogP contribution in [-0.4, -0.2) is 20.7 Å². The van der Waals surface area contributed by atoms with Crippen LogP contribution in [0.5, 0.6) is 0 Å². The maximum Gasteiger partial charge on any atom is 0.281 e. The molecule has 0 fully saturated rings. The van der Waals surface area contributed by atoms with Gasteiger partial charge in [0, 0.05) is 17.7 Å². The third kappa shape index (κ3) is 4.09. The number of nitrogens with zero attached hydrogens (tertiary/aromatic N) is 3. The van der Waals surface area contributed by atoms with E-state index in [1.54, 1.807) is 0 Å². The number of hydrogen-bond donors (Lipinski definition) is 1. The highest BCUT2D eigenvalue weighted by Crippen LogP contribution is 2.21. The van der Waals surface area contributed by atoms with E-state index in [9.17, 15) is 4.79 Å². The van der Waals surface area contributed by atoms with Crippen LogP contribution in [0.15, 0.2) is 78.9 Å². The second-order valence-corrected chi connectivity index (χ2v) is 7.00. The number of carbonyl (C=O) groups is 1. The van der Waals surface area contributed by atoms with E-state index in [0.29, 0.717) is 23.9 Å². The van der Waals surface area contributed by atoms with Gasteiger partial charge in [-0.3, -0.25) is 4.79 Å². The van der Waals surface area contributed by atoms with Crippen LogP contribution in [-0.2, 0) is 6.54 Å². The molecule has 29 heavy (non-hydrogen) atoms. The Morgan fingerprint density at radius 3 is 2.31 bits per heavy atom. The van der Waals surface area contributed by atoms with E-state index >= 15 is 0 Å². The predicted molar refractivity (Wildman–Crippen MR) is 115 cm³/mol. The second-order valence-electron chi connectivity index (χ2n) is 7.00. The fourth-order valence-corrected chi connectivity index (χ4v) is 3.10. The average Bonchev–Trinajstić information content (AvgIpc) is 3.18. The number of benzene rings is 3. The van der Waals surface area contributed by atoms with Gasteiger partial charge in [0.05, 0.1) is 0 Å². The molecule has 0 amide bonds. The molecule has 1 aromatic heterocycles. The summed E-state index contributed by atoms with van der Waals surface area (Å²) in [6.45, 7) is 4.50. The Hall–Kier alpha value is -3.73. The lowest BCUT2D eigenvalue weighted by atomic mass is 10.1. The zero-order chi connectivity index (χ0) is 20.2. The van der Waals surface area contributed by atoms with E-state index in [-0.39, 0.29) is 5.91 Å². The van der Waals surface area contributed by atoms with E-state index in [1.807, 2.05) is 92.7 Å². The molecule has 0 aliphatic heterocycles. The predicted octanol–water partition coefficient (Wildman–Crippen LogP) is 4.86. The molecule has 0 aliphatic carbocycles. The lowest BCUT2D eigenvalue weighted by Gasteiger charge is -2.08. The third-order valence-corrected chi connectivity index (χ3v) is 4.78. The first-order valence-electron chi connectivity index (χ1n) is 9.54. The fraction of sp³-hybridized carbons (Fsp3) is 0.125. The van der Waals surface area contributed by atoms with Gasteiger partial charge in [-0.15, -0.1) is 5.10 Å². The Morgan fingerprint density at radius 1 is 0.897 bits per heavy atom. The van der Waals surface area contributed by atoms with Gasteiger partial charge in [-0.1, -0.05) is 78.4 Å². The van der Waals surface area contributed by atoms with Crippen molar-refractivity contribution in [3.63, 3.8) is 0 Å². The summed E-state index contributed by atoms with van der Waals surface area (Å²) < 4.78 is 1.36. The number of aromatic nitrogens is 3. The van der Waals surface area contributed by atoms with Crippen LogP contribution >= 0.6 is 0 Å². The van der Waals surface area contributed by atoms with E-state index in [1.165, 1.54) is 4.68 Å². The summed E-state index contributed by atoms with van der Waals surface area (Å²) in [5, 5.41) is 7.80. The Balaban J connectivity index is 1.72. The quantitative estimate of drug-likeness (QED) is 0.535. The van der Waals surface area contributed by atoms with Crippen molar-refractivity contribution in [2.24, 2.45) is 0 Å². The van der Waals surface area contributed by atoms with E-state index in [2.05, 4.69) is 15.4 Å². The molecule has 1 N–H and O–H groups in total. The van der Waals surface area contributed by atoms with Crippen molar-refractivity contribution < 1.29 is 4.79 Å². The molecule has 0 spiro atoms. The zero-order valence-electron chi connectivity index (χ0n) is 16.5. The minimum absolute atomic E-state index is 0.204. The summed E-state index contributed by atoms with van der Waals surface area (Å²) in [6, 6.07) is 25.5. The molecule has 5 nitrogen and oxygen atoms in total. The molecule has 1 heterocycles. The van der Waals surface area contributed by atoms with Gasteiger partial charge in [0.25, 0.3) is 5.91 Å². The van der Waals surface area contributed by atoms with Crippen LogP contribution in [0.4, 0.5) is 5.95 Å². The van der Waals surface area contributed by atoms with Gasteiger partial charge in [0.1, 0.15) is 0 Å². The van der Waals surface area contributed by atoms with Crippen LogP contribution < -0.4 is 5.32 Å². The van der Waals surface area contributed by atoms with E-state index in [4.69, 9.17) is 0 Å². The first-order chi connectivity index (χ1) is 14.1. The van der Waals surface area contributed by atoms with Gasteiger partial charge >= 0.3 is 0 Å². The second kappa shape index (κ2) is 8.10. The van der Waals surface area contributed by atoms with Crippen molar-refractivity contribution in [2.75, 3.05) is 5.32 Å². The highest BCUT2D eigenvalue weighted by molar-refractivity contribution is 5.98. The lowest BCUT2D eigenvalue weighted by Crippen LogP contribution is -2.18. The largest absolute Gasteiger partial charge is 0.350 e. The van der Waals surface area contributed by atoms with Crippen molar-refractivity contribution in [3.8, 4) is 11.4 Å². The molecule has 0 atom stereocenters. The average molecular weight is 382 g/mol. The summed E-state index contributed by atoms with van der Waals surface area (Å²) in [5.74, 6) is 0.740. The summed E-state index contributed by atoms with van der Waals surface area (Å²) in [5.41, 5.74) is 4.64. The summed E-state index contributed by atoms with van der Waals surface area (Å²) in [6.07, 6.45) is 0. The smallest absolute Gasteiger partial charge is 0.281 e. The summed E-state index contributed by atoms with van der Waals surface area (Å²) >= 11 is 0. The zero-order valence-corrected chi connectivity index (χ0v) is 16.5. The molecule has 4 rings (SSSR count). The molecule has 0 saturated heterocycles. The number of anilines is 1. The molecule has 0 aliphatic rings. The van der Waals surface area contributed by atoms with Gasteiger partial charge < -0.3 is 5.32 Å². The van der Waals surface area contributed by atoms with Crippen molar-refractivity contribution in [1.29, 1.82) is 0 Å². The maximum absolute atomic E-state index is 13.2. The molecule has 144 valence electrons. The number of hydrogen-bond acceptors (Lipinski definition) is 4.